The molecule has 132 valence electrons. The van der Waals surface area contributed by atoms with Gasteiger partial charge in [0.25, 0.3) is 5.91 Å². The summed E-state index contributed by atoms with van der Waals surface area (Å²) in [6.07, 6.45) is 3.65. The molecule has 5 nitrogen and oxygen atoms in total. The number of methoxy groups -OCH3 is 1. The number of ether oxygens (including phenoxy) is 2. The Morgan fingerprint density at radius 1 is 1.16 bits per heavy atom. The number of hydrogen-bond donors (Lipinski definition) is 1. The maximum atomic E-state index is 12.0. The van der Waals surface area contributed by atoms with Gasteiger partial charge in [-0.3, -0.25) is 4.79 Å². The lowest BCUT2D eigenvalue weighted by atomic mass is 10.1. The molecule has 0 aliphatic heterocycles. The van der Waals surface area contributed by atoms with Crippen molar-refractivity contribution < 1.29 is 14.3 Å². The van der Waals surface area contributed by atoms with Crippen LogP contribution < -0.4 is 14.9 Å². The summed E-state index contributed by atoms with van der Waals surface area (Å²) in [6, 6.07) is 12.9. The molecule has 5 heteroatoms. The zero-order chi connectivity index (χ0) is 18.1. The zero-order valence-corrected chi connectivity index (χ0v) is 14.9. The average molecular weight is 340 g/mol. The van der Waals surface area contributed by atoms with Crippen LogP contribution in [0.25, 0.3) is 0 Å². The molecule has 0 bridgehead atoms. The summed E-state index contributed by atoms with van der Waals surface area (Å²) in [7, 11) is 1.60. The first-order chi connectivity index (χ1) is 12.1. The van der Waals surface area contributed by atoms with Gasteiger partial charge in [0, 0.05) is 5.56 Å². The van der Waals surface area contributed by atoms with Crippen LogP contribution in [0.5, 0.6) is 11.5 Å². The molecule has 0 saturated carbocycles. The third-order valence-electron chi connectivity index (χ3n) is 3.64. The number of hydrogen-bond acceptors (Lipinski definition) is 4. The van der Waals surface area contributed by atoms with Gasteiger partial charge in [-0.05, 0) is 49.2 Å². The number of carbonyl (C=O) groups is 1. The summed E-state index contributed by atoms with van der Waals surface area (Å²) >= 11 is 0. The van der Waals surface area contributed by atoms with Crippen molar-refractivity contribution in [2.24, 2.45) is 5.10 Å². The molecule has 0 aliphatic carbocycles. The van der Waals surface area contributed by atoms with Crippen molar-refractivity contribution in [2.75, 3.05) is 13.7 Å². The van der Waals surface area contributed by atoms with Gasteiger partial charge < -0.3 is 9.47 Å². The lowest BCUT2D eigenvalue weighted by Gasteiger charge is -2.10. The molecular formula is C20H24N2O3. The van der Waals surface area contributed by atoms with Gasteiger partial charge in [0.1, 0.15) is 0 Å². The molecule has 1 N–H and O–H groups in total. The number of nitrogens with one attached hydrogen (secondary N) is 1. The number of aryl methyl sites for hydroxylation is 1. The van der Waals surface area contributed by atoms with Gasteiger partial charge >= 0.3 is 0 Å². The summed E-state index contributed by atoms with van der Waals surface area (Å²) in [5.74, 6) is 1.10. The maximum absolute atomic E-state index is 12.0. The van der Waals surface area contributed by atoms with E-state index in [0.717, 1.165) is 24.0 Å². The van der Waals surface area contributed by atoms with E-state index < -0.39 is 0 Å². The van der Waals surface area contributed by atoms with Crippen LogP contribution in [-0.2, 0) is 0 Å². The fourth-order valence-corrected chi connectivity index (χ4v) is 2.15. The van der Waals surface area contributed by atoms with Crippen LogP contribution >= 0.6 is 0 Å². The first kappa shape index (κ1) is 18.5. The highest BCUT2D eigenvalue weighted by molar-refractivity contribution is 5.94. The van der Waals surface area contributed by atoms with Crippen molar-refractivity contribution in [3.63, 3.8) is 0 Å². The summed E-state index contributed by atoms with van der Waals surface area (Å²) < 4.78 is 11.0. The smallest absolute Gasteiger partial charge is 0.271 e. The topological polar surface area (TPSA) is 59.9 Å². The number of amides is 1. The highest BCUT2D eigenvalue weighted by atomic mass is 16.5. The molecule has 25 heavy (non-hydrogen) atoms. The van der Waals surface area contributed by atoms with Crippen LogP contribution in [0, 0.1) is 6.92 Å². The Morgan fingerprint density at radius 2 is 1.92 bits per heavy atom. The molecule has 1 amide bonds. The second kappa shape index (κ2) is 9.47. The summed E-state index contributed by atoms with van der Waals surface area (Å²) in [4.78, 5) is 12.0. The third-order valence-corrected chi connectivity index (χ3v) is 3.64. The highest BCUT2D eigenvalue weighted by Gasteiger charge is 2.06. The molecule has 0 heterocycles. The maximum Gasteiger partial charge on any atom is 0.271 e. The van der Waals surface area contributed by atoms with Gasteiger partial charge in [-0.15, -0.1) is 0 Å². The number of hydrazone groups is 1. The van der Waals surface area contributed by atoms with Crippen LogP contribution in [0.15, 0.2) is 47.6 Å². The van der Waals surface area contributed by atoms with E-state index in [1.165, 1.54) is 0 Å². The van der Waals surface area contributed by atoms with Gasteiger partial charge in [-0.2, -0.15) is 5.10 Å². The lowest BCUT2D eigenvalue weighted by Crippen LogP contribution is -2.17. The molecule has 2 aromatic rings. The van der Waals surface area contributed by atoms with E-state index in [0.29, 0.717) is 23.7 Å². The van der Waals surface area contributed by atoms with Crippen molar-refractivity contribution in [1.82, 2.24) is 5.43 Å². The van der Waals surface area contributed by atoms with Crippen LogP contribution in [-0.4, -0.2) is 25.8 Å². The Morgan fingerprint density at radius 3 is 2.60 bits per heavy atom. The minimum atomic E-state index is -0.247. The van der Waals surface area contributed by atoms with Crippen LogP contribution in [0.3, 0.4) is 0 Å². The number of carbonyl (C=O) groups excluding carboxylic acids is 1. The van der Waals surface area contributed by atoms with E-state index in [1.54, 1.807) is 25.5 Å². The minimum Gasteiger partial charge on any atom is -0.493 e. The van der Waals surface area contributed by atoms with Crippen molar-refractivity contribution in [2.45, 2.75) is 26.7 Å². The quantitative estimate of drug-likeness (QED) is 0.450. The first-order valence-corrected chi connectivity index (χ1v) is 8.35. The van der Waals surface area contributed by atoms with E-state index in [-0.39, 0.29) is 5.91 Å². The van der Waals surface area contributed by atoms with Gasteiger partial charge in [0.05, 0.1) is 19.9 Å². The number of rotatable bonds is 8. The molecule has 0 saturated heterocycles. The van der Waals surface area contributed by atoms with E-state index in [4.69, 9.17) is 9.47 Å². The molecule has 0 aromatic heterocycles. The van der Waals surface area contributed by atoms with Crippen LogP contribution in [0.1, 0.15) is 41.3 Å². The van der Waals surface area contributed by atoms with Crippen LogP contribution in [0.4, 0.5) is 0 Å². The lowest BCUT2D eigenvalue weighted by molar-refractivity contribution is 0.0955. The number of unbranched alkanes of at least 4 members (excludes halogenated alkanes) is 1. The van der Waals surface area contributed by atoms with Crippen molar-refractivity contribution in [3.05, 3.63) is 59.2 Å². The largest absolute Gasteiger partial charge is 0.493 e. The van der Waals surface area contributed by atoms with E-state index in [1.807, 2.05) is 37.3 Å². The molecular weight excluding hydrogens is 316 g/mol. The highest BCUT2D eigenvalue weighted by Crippen LogP contribution is 2.27. The van der Waals surface area contributed by atoms with Crippen LogP contribution in [0.2, 0.25) is 0 Å². The fraction of sp³-hybridized carbons (Fsp3) is 0.300. The predicted octanol–water partition coefficient (Wildman–Crippen LogP) is 3.95. The Balaban J connectivity index is 1.98. The number of benzene rings is 2. The van der Waals surface area contributed by atoms with Crippen molar-refractivity contribution >= 4 is 12.1 Å². The number of nitrogens with zero attached hydrogens (tertiary/aromatic N) is 1. The average Bonchev–Trinajstić information content (AvgIpc) is 2.63. The first-order valence-electron chi connectivity index (χ1n) is 8.35. The molecule has 0 unspecified atom stereocenters. The zero-order valence-electron chi connectivity index (χ0n) is 14.9. The van der Waals surface area contributed by atoms with Crippen molar-refractivity contribution in [3.8, 4) is 11.5 Å². The molecule has 0 spiro atoms. The summed E-state index contributed by atoms with van der Waals surface area (Å²) in [5.41, 5.74) is 5.00. The second-order valence-electron chi connectivity index (χ2n) is 5.68. The summed E-state index contributed by atoms with van der Waals surface area (Å²) in [6.45, 7) is 4.75. The predicted molar refractivity (Wildman–Crippen MR) is 99.6 cm³/mol. The monoisotopic (exact) mass is 340 g/mol. The van der Waals surface area contributed by atoms with Gasteiger partial charge in [-0.1, -0.05) is 31.0 Å². The van der Waals surface area contributed by atoms with Crippen molar-refractivity contribution in [1.29, 1.82) is 0 Å². The SMILES string of the molecule is CCCCOc1ccc(/C=N\NC(=O)c2ccc(C)cc2)cc1OC. The summed E-state index contributed by atoms with van der Waals surface area (Å²) in [5, 5.41) is 4.00. The molecule has 0 atom stereocenters. The Labute approximate surface area is 148 Å². The van der Waals surface area contributed by atoms with E-state index in [2.05, 4.69) is 17.5 Å². The van der Waals surface area contributed by atoms with E-state index in [9.17, 15) is 4.79 Å². The fourth-order valence-electron chi connectivity index (χ4n) is 2.15. The standard InChI is InChI=1S/C20H24N2O3/c1-4-5-12-25-18-11-8-16(13-19(18)24-3)14-21-22-20(23)17-9-6-15(2)7-10-17/h6-11,13-14H,4-5,12H2,1-3H3,(H,22,23)/b21-14-. The Bertz CT molecular complexity index is 724. The minimum absolute atomic E-state index is 0.247. The Hall–Kier alpha value is -2.82. The normalized spacial score (nSPS) is 10.7. The molecule has 0 radical (unpaired) electrons. The molecule has 0 aliphatic rings. The molecule has 2 rings (SSSR count). The Kier molecular flexibility index (Phi) is 7.01. The van der Waals surface area contributed by atoms with Gasteiger partial charge in [0.2, 0.25) is 0 Å². The second-order valence-corrected chi connectivity index (χ2v) is 5.68. The molecule has 2 aromatic carbocycles. The molecule has 0 fully saturated rings. The van der Waals surface area contributed by atoms with Gasteiger partial charge in [-0.25, -0.2) is 5.43 Å². The third kappa shape index (κ3) is 5.64. The van der Waals surface area contributed by atoms with E-state index >= 15 is 0 Å². The van der Waals surface area contributed by atoms with Gasteiger partial charge in [0.15, 0.2) is 11.5 Å².